The minimum absolute atomic E-state index is 0.346. The predicted octanol–water partition coefficient (Wildman–Crippen LogP) is 1.06. The fourth-order valence-electron chi connectivity index (χ4n) is 2.43. The summed E-state index contributed by atoms with van der Waals surface area (Å²) in [7, 11) is -0.793. The van der Waals surface area contributed by atoms with Crippen LogP contribution in [0.15, 0.2) is 0 Å². The molecule has 1 aliphatic rings. The van der Waals surface area contributed by atoms with E-state index in [4.69, 9.17) is 0 Å². The number of rotatable bonds is 4. The average Bonchev–Trinajstić information content (AvgIpc) is 2.42. The second-order valence-electron chi connectivity index (χ2n) is 4.51. The van der Waals surface area contributed by atoms with E-state index < -0.39 is 9.84 Å². The molecule has 0 saturated heterocycles. The van der Waals surface area contributed by atoms with Gasteiger partial charge in [0.2, 0.25) is 0 Å². The highest BCUT2D eigenvalue weighted by molar-refractivity contribution is 7.90. The first-order valence-corrected chi connectivity index (χ1v) is 7.35. The van der Waals surface area contributed by atoms with E-state index in [9.17, 15) is 8.42 Å². The molecule has 1 fully saturated rings. The van der Waals surface area contributed by atoms with Gasteiger partial charge in [-0.2, -0.15) is 0 Å². The molecule has 0 aromatic carbocycles. The lowest BCUT2D eigenvalue weighted by Gasteiger charge is -2.19. The van der Waals surface area contributed by atoms with Gasteiger partial charge in [-0.1, -0.05) is 6.92 Å². The van der Waals surface area contributed by atoms with E-state index >= 15 is 0 Å². The third kappa shape index (κ3) is 3.24. The van der Waals surface area contributed by atoms with Gasteiger partial charge in [0.15, 0.2) is 0 Å². The number of nitrogens with one attached hydrogen (secondary N) is 1. The molecule has 14 heavy (non-hydrogen) atoms. The molecule has 3 atom stereocenters. The second kappa shape index (κ2) is 4.62. The van der Waals surface area contributed by atoms with Crippen molar-refractivity contribution < 1.29 is 8.42 Å². The lowest BCUT2D eigenvalue weighted by Crippen LogP contribution is -2.29. The average molecular weight is 219 g/mol. The predicted molar refractivity (Wildman–Crippen MR) is 59.1 cm³/mol. The summed E-state index contributed by atoms with van der Waals surface area (Å²) in [5, 5.41) is 3.29. The zero-order valence-electron chi connectivity index (χ0n) is 9.29. The van der Waals surface area contributed by atoms with E-state index in [1.807, 2.05) is 7.05 Å². The highest BCUT2D eigenvalue weighted by Crippen LogP contribution is 2.34. The Hall–Kier alpha value is -0.0900. The summed E-state index contributed by atoms with van der Waals surface area (Å²) < 4.78 is 22.1. The van der Waals surface area contributed by atoms with Crippen molar-refractivity contribution in [3.05, 3.63) is 0 Å². The smallest absolute Gasteiger partial charge is 0.147 e. The number of hydrogen-bond donors (Lipinski definition) is 1. The summed E-state index contributed by atoms with van der Waals surface area (Å²) in [6.45, 7) is 2.22. The molecular formula is C10H21NO2S. The standard InChI is InChI=1S/C10H21NO2S/c1-8-9(4-5-10(8)11-2)6-7-14(3,12)13/h8-11H,4-7H2,1-3H3. The maximum atomic E-state index is 11.0. The molecular weight excluding hydrogens is 198 g/mol. The highest BCUT2D eigenvalue weighted by atomic mass is 32.2. The molecule has 0 radical (unpaired) electrons. The van der Waals surface area contributed by atoms with Crippen molar-refractivity contribution >= 4 is 9.84 Å². The van der Waals surface area contributed by atoms with Crippen molar-refractivity contribution in [3.8, 4) is 0 Å². The summed E-state index contributed by atoms with van der Waals surface area (Å²) in [4.78, 5) is 0. The van der Waals surface area contributed by atoms with E-state index in [0.29, 0.717) is 23.6 Å². The zero-order valence-corrected chi connectivity index (χ0v) is 10.1. The molecule has 84 valence electrons. The minimum Gasteiger partial charge on any atom is -0.317 e. The van der Waals surface area contributed by atoms with Crippen LogP contribution in [0.2, 0.25) is 0 Å². The van der Waals surface area contributed by atoms with Crippen LogP contribution in [0.3, 0.4) is 0 Å². The molecule has 1 saturated carbocycles. The van der Waals surface area contributed by atoms with Crippen LogP contribution in [0.4, 0.5) is 0 Å². The first-order valence-electron chi connectivity index (χ1n) is 5.29. The third-order valence-corrected chi connectivity index (χ3v) is 4.43. The van der Waals surface area contributed by atoms with E-state index in [1.54, 1.807) is 0 Å². The normalized spacial score (nSPS) is 33.5. The Morgan fingerprint density at radius 3 is 2.43 bits per heavy atom. The first kappa shape index (κ1) is 12.0. The van der Waals surface area contributed by atoms with Crippen LogP contribution in [0.1, 0.15) is 26.2 Å². The second-order valence-corrected chi connectivity index (χ2v) is 6.77. The zero-order chi connectivity index (χ0) is 10.8. The van der Waals surface area contributed by atoms with Gasteiger partial charge in [0.25, 0.3) is 0 Å². The molecule has 0 aliphatic heterocycles. The third-order valence-electron chi connectivity index (χ3n) is 3.46. The topological polar surface area (TPSA) is 46.2 Å². The van der Waals surface area contributed by atoms with Gasteiger partial charge in [0.05, 0.1) is 5.75 Å². The summed E-state index contributed by atoms with van der Waals surface area (Å²) in [5.41, 5.74) is 0. The molecule has 0 spiro atoms. The van der Waals surface area contributed by atoms with E-state index in [-0.39, 0.29) is 0 Å². The maximum Gasteiger partial charge on any atom is 0.147 e. The molecule has 3 unspecified atom stereocenters. The van der Waals surface area contributed by atoms with E-state index in [0.717, 1.165) is 6.42 Å². The Labute approximate surface area is 87.2 Å². The Balaban J connectivity index is 2.41. The number of hydrogen-bond acceptors (Lipinski definition) is 3. The van der Waals surface area contributed by atoms with Crippen molar-refractivity contribution in [1.82, 2.24) is 5.32 Å². The summed E-state index contributed by atoms with van der Waals surface area (Å²) in [6.07, 6.45) is 4.51. The van der Waals surface area contributed by atoms with Gasteiger partial charge < -0.3 is 5.32 Å². The van der Waals surface area contributed by atoms with E-state index in [1.165, 1.54) is 19.1 Å². The maximum absolute atomic E-state index is 11.0. The van der Waals surface area contributed by atoms with Crippen LogP contribution in [0.25, 0.3) is 0 Å². The number of sulfone groups is 1. The molecule has 0 heterocycles. The van der Waals surface area contributed by atoms with Crippen LogP contribution in [-0.2, 0) is 9.84 Å². The van der Waals surface area contributed by atoms with Crippen LogP contribution in [0, 0.1) is 11.8 Å². The highest BCUT2D eigenvalue weighted by Gasteiger charge is 2.31. The van der Waals surface area contributed by atoms with Crippen molar-refractivity contribution in [2.75, 3.05) is 19.1 Å². The Morgan fingerprint density at radius 1 is 1.36 bits per heavy atom. The molecule has 1 aliphatic carbocycles. The molecule has 0 amide bonds. The lowest BCUT2D eigenvalue weighted by atomic mass is 9.93. The molecule has 1 rings (SSSR count). The van der Waals surface area contributed by atoms with E-state index in [2.05, 4.69) is 12.2 Å². The molecule has 0 aromatic rings. The van der Waals surface area contributed by atoms with Gasteiger partial charge in [-0.25, -0.2) is 8.42 Å². The van der Waals surface area contributed by atoms with Gasteiger partial charge in [-0.3, -0.25) is 0 Å². The van der Waals surface area contributed by atoms with Crippen LogP contribution >= 0.6 is 0 Å². The lowest BCUT2D eigenvalue weighted by molar-refractivity contribution is 0.358. The Kier molecular flexibility index (Phi) is 3.95. The van der Waals surface area contributed by atoms with Gasteiger partial charge in [0.1, 0.15) is 9.84 Å². The SMILES string of the molecule is CNC1CCC(CCS(C)(=O)=O)C1C. The Bertz CT molecular complexity index is 274. The van der Waals surface area contributed by atoms with Gasteiger partial charge >= 0.3 is 0 Å². The monoisotopic (exact) mass is 219 g/mol. The van der Waals surface area contributed by atoms with Crippen LogP contribution in [0.5, 0.6) is 0 Å². The molecule has 3 nitrogen and oxygen atoms in total. The molecule has 4 heteroatoms. The van der Waals surface area contributed by atoms with Crippen molar-refractivity contribution in [2.24, 2.45) is 11.8 Å². The van der Waals surface area contributed by atoms with Crippen molar-refractivity contribution in [1.29, 1.82) is 0 Å². The van der Waals surface area contributed by atoms with Gasteiger partial charge in [-0.05, 0) is 38.1 Å². The summed E-state index contributed by atoms with van der Waals surface area (Å²) >= 11 is 0. The summed E-state index contributed by atoms with van der Waals surface area (Å²) in [6, 6.07) is 0.583. The molecule has 0 aromatic heterocycles. The van der Waals surface area contributed by atoms with Crippen molar-refractivity contribution in [2.45, 2.75) is 32.2 Å². The minimum atomic E-state index is -2.78. The Morgan fingerprint density at radius 2 is 2.00 bits per heavy atom. The largest absolute Gasteiger partial charge is 0.317 e. The van der Waals surface area contributed by atoms with Gasteiger partial charge in [-0.15, -0.1) is 0 Å². The first-order chi connectivity index (χ1) is 6.44. The fraction of sp³-hybridized carbons (Fsp3) is 1.00. The molecule has 1 N–H and O–H groups in total. The van der Waals surface area contributed by atoms with Crippen molar-refractivity contribution in [3.63, 3.8) is 0 Å². The van der Waals surface area contributed by atoms with Crippen LogP contribution in [-0.4, -0.2) is 33.5 Å². The van der Waals surface area contributed by atoms with Gasteiger partial charge in [0, 0.05) is 12.3 Å². The quantitative estimate of drug-likeness (QED) is 0.769. The fourth-order valence-corrected chi connectivity index (χ4v) is 3.16. The van der Waals surface area contributed by atoms with Crippen LogP contribution < -0.4 is 5.32 Å². The summed E-state index contributed by atoms with van der Waals surface area (Å²) in [5.74, 6) is 1.54. The molecule has 0 bridgehead atoms.